The number of hydrogen-bond donors (Lipinski definition) is 1. The van der Waals surface area contributed by atoms with Gasteiger partial charge in [0.15, 0.2) is 0 Å². The quantitative estimate of drug-likeness (QED) is 0.331. The smallest absolute Gasteiger partial charge is 0.253 e. The highest BCUT2D eigenvalue weighted by atomic mass is 16.2. The third-order valence-corrected chi connectivity index (χ3v) is 6.34. The number of carbonyl (C=O) groups is 1. The maximum absolute atomic E-state index is 13.5. The number of anilines is 1. The number of fused-ring (bicyclic) bond motifs is 1. The van der Waals surface area contributed by atoms with Crippen LogP contribution in [-0.2, 0) is 11.3 Å². The first kappa shape index (κ1) is 23.3. The lowest BCUT2D eigenvalue weighted by Gasteiger charge is -2.14. The van der Waals surface area contributed by atoms with E-state index in [4.69, 9.17) is 5.10 Å². The van der Waals surface area contributed by atoms with Crippen LogP contribution in [0.3, 0.4) is 0 Å². The zero-order valence-electron chi connectivity index (χ0n) is 20.6. The summed E-state index contributed by atoms with van der Waals surface area (Å²) >= 11 is 0. The lowest BCUT2D eigenvalue weighted by molar-refractivity contribution is -0.116. The summed E-state index contributed by atoms with van der Waals surface area (Å²) in [6.45, 7) is 6.05. The van der Waals surface area contributed by atoms with Crippen LogP contribution in [0.5, 0.6) is 0 Å². The minimum Gasteiger partial charge on any atom is -0.325 e. The molecule has 6 nitrogen and oxygen atoms in total. The monoisotopic (exact) mass is 476 g/mol. The zero-order valence-corrected chi connectivity index (χ0v) is 20.6. The number of para-hydroxylation sites is 1. The Morgan fingerprint density at radius 3 is 2.19 bits per heavy atom. The van der Waals surface area contributed by atoms with Crippen LogP contribution in [-0.4, -0.2) is 20.3 Å². The molecule has 2 heterocycles. The van der Waals surface area contributed by atoms with Gasteiger partial charge < -0.3 is 5.32 Å². The molecule has 0 saturated heterocycles. The van der Waals surface area contributed by atoms with E-state index in [2.05, 4.69) is 19.2 Å². The average Bonchev–Trinajstić information content (AvgIpc) is 3.24. The lowest BCUT2D eigenvalue weighted by Crippen LogP contribution is -2.28. The summed E-state index contributed by atoms with van der Waals surface area (Å²) in [4.78, 5) is 26.6. The molecule has 3 aromatic carbocycles. The highest BCUT2D eigenvalue weighted by molar-refractivity contribution is 5.97. The van der Waals surface area contributed by atoms with Gasteiger partial charge in [-0.15, -0.1) is 0 Å². The van der Waals surface area contributed by atoms with Crippen LogP contribution in [0.4, 0.5) is 5.69 Å². The van der Waals surface area contributed by atoms with Crippen molar-refractivity contribution in [2.75, 3.05) is 5.32 Å². The number of nitrogens with zero attached hydrogens (tertiary/aromatic N) is 3. The van der Waals surface area contributed by atoms with E-state index < -0.39 is 0 Å². The second-order valence-corrected chi connectivity index (χ2v) is 9.20. The molecular formula is C30H28N4O2. The normalized spacial score (nSPS) is 11.2. The molecule has 0 radical (unpaired) electrons. The van der Waals surface area contributed by atoms with Gasteiger partial charge in [-0.05, 0) is 53.8 Å². The molecule has 36 heavy (non-hydrogen) atoms. The topological polar surface area (TPSA) is 68.9 Å². The molecule has 0 aliphatic carbocycles. The first-order chi connectivity index (χ1) is 17.4. The number of nitrogens with one attached hydrogen (secondary N) is 1. The number of aryl methyl sites for hydroxylation is 1. The highest BCUT2D eigenvalue weighted by Gasteiger charge is 2.21. The van der Waals surface area contributed by atoms with Crippen molar-refractivity contribution in [3.63, 3.8) is 0 Å². The zero-order chi connectivity index (χ0) is 25.2. The molecule has 1 N–H and O–H groups in total. The molecular weight excluding hydrogens is 448 g/mol. The van der Waals surface area contributed by atoms with Gasteiger partial charge in [0, 0.05) is 17.1 Å². The summed E-state index contributed by atoms with van der Waals surface area (Å²) in [5, 5.41) is 8.57. The Kier molecular flexibility index (Phi) is 6.25. The van der Waals surface area contributed by atoms with Gasteiger partial charge in [-0.25, -0.2) is 4.68 Å². The Hall–Kier alpha value is -4.45. The molecule has 0 aliphatic rings. The summed E-state index contributed by atoms with van der Waals surface area (Å²) < 4.78 is 3.26. The molecule has 0 bridgehead atoms. The van der Waals surface area contributed by atoms with Crippen molar-refractivity contribution in [3.8, 4) is 16.8 Å². The molecule has 5 rings (SSSR count). The van der Waals surface area contributed by atoms with E-state index in [9.17, 15) is 9.59 Å². The van der Waals surface area contributed by atoms with Crippen molar-refractivity contribution in [3.05, 3.63) is 113 Å². The third kappa shape index (κ3) is 4.45. The fourth-order valence-electron chi connectivity index (χ4n) is 4.50. The van der Waals surface area contributed by atoms with Crippen molar-refractivity contribution in [2.24, 2.45) is 0 Å². The molecule has 0 spiro atoms. The first-order valence-corrected chi connectivity index (χ1v) is 12.1. The summed E-state index contributed by atoms with van der Waals surface area (Å²) in [7, 11) is 0. The van der Waals surface area contributed by atoms with Gasteiger partial charge >= 0.3 is 0 Å². The first-order valence-electron chi connectivity index (χ1n) is 12.1. The number of carbonyl (C=O) groups excluding carboxylic acids is 1. The van der Waals surface area contributed by atoms with Gasteiger partial charge in [0.1, 0.15) is 12.2 Å². The van der Waals surface area contributed by atoms with Gasteiger partial charge in [0.05, 0.1) is 11.4 Å². The fourth-order valence-corrected chi connectivity index (χ4v) is 4.50. The Labute approximate surface area is 209 Å². The summed E-state index contributed by atoms with van der Waals surface area (Å²) in [5.41, 5.74) is 5.56. The molecule has 5 aromatic rings. The van der Waals surface area contributed by atoms with E-state index in [1.54, 1.807) is 10.7 Å². The lowest BCUT2D eigenvalue weighted by atomic mass is 10.0. The average molecular weight is 477 g/mol. The molecule has 0 fully saturated rings. The van der Waals surface area contributed by atoms with Gasteiger partial charge in [-0.2, -0.15) is 5.10 Å². The second kappa shape index (κ2) is 9.66. The van der Waals surface area contributed by atoms with Crippen LogP contribution in [0.1, 0.15) is 31.0 Å². The number of rotatable bonds is 6. The number of amides is 1. The van der Waals surface area contributed by atoms with Crippen LogP contribution >= 0.6 is 0 Å². The highest BCUT2D eigenvalue weighted by Crippen LogP contribution is 2.31. The number of aromatic nitrogens is 3. The van der Waals surface area contributed by atoms with Gasteiger partial charge in [-0.3, -0.25) is 14.2 Å². The van der Waals surface area contributed by atoms with Crippen molar-refractivity contribution >= 4 is 22.6 Å². The predicted molar refractivity (Wildman–Crippen MR) is 145 cm³/mol. The molecule has 0 atom stereocenters. The summed E-state index contributed by atoms with van der Waals surface area (Å²) in [5.74, 6) is 0.132. The van der Waals surface area contributed by atoms with E-state index >= 15 is 0 Å². The second-order valence-electron chi connectivity index (χ2n) is 9.20. The van der Waals surface area contributed by atoms with Crippen LogP contribution < -0.4 is 10.9 Å². The van der Waals surface area contributed by atoms with Gasteiger partial charge in [0.2, 0.25) is 5.91 Å². The van der Waals surface area contributed by atoms with Crippen molar-refractivity contribution in [1.82, 2.24) is 14.3 Å². The summed E-state index contributed by atoms with van der Waals surface area (Å²) in [6.07, 6.45) is 0. The van der Waals surface area contributed by atoms with E-state index in [-0.39, 0.29) is 18.0 Å². The van der Waals surface area contributed by atoms with Gasteiger partial charge in [0.25, 0.3) is 5.56 Å². The van der Waals surface area contributed by atoms with Crippen molar-refractivity contribution in [1.29, 1.82) is 0 Å². The SMILES string of the molecule is Cc1nn(-c2ccccc2)c2c1c(-c1ccccc1)cc(=O)n2CC(=O)Nc1ccc(C(C)C)cc1. The third-order valence-electron chi connectivity index (χ3n) is 6.34. The molecule has 180 valence electrons. The Balaban J connectivity index is 1.62. The van der Waals surface area contributed by atoms with E-state index in [1.807, 2.05) is 91.9 Å². The number of pyridine rings is 1. The Bertz CT molecular complexity index is 1580. The Morgan fingerprint density at radius 2 is 1.56 bits per heavy atom. The molecule has 0 saturated carbocycles. The Morgan fingerprint density at radius 1 is 0.917 bits per heavy atom. The minimum absolute atomic E-state index is 0.131. The van der Waals surface area contributed by atoms with E-state index in [0.29, 0.717) is 17.3 Å². The molecule has 2 aromatic heterocycles. The van der Waals surface area contributed by atoms with Crippen LogP contribution in [0.2, 0.25) is 0 Å². The van der Waals surface area contributed by atoms with Gasteiger partial charge in [-0.1, -0.05) is 74.5 Å². The van der Waals surface area contributed by atoms with Crippen molar-refractivity contribution < 1.29 is 4.79 Å². The fraction of sp³-hybridized carbons (Fsp3) is 0.167. The van der Waals surface area contributed by atoms with E-state index in [0.717, 1.165) is 27.9 Å². The maximum Gasteiger partial charge on any atom is 0.253 e. The van der Waals surface area contributed by atoms with Crippen molar-refractivity contribution in [2.45, 2.75) is 33.2 Å². The number of benzene rings is 3. The molecule has 0 aliphatic heterocycles. The maximum atomic E-state index is 13.5. The summed E-state index contributed by atoms with van der Waals surface area (Å²) in [6, 6.07) is 28.9. The molecule has 1 amide bonds. The predicted octanol–water partition coefficient (Wildman–Crippen LogP) is 5.92. The van der Waals surface area contributed by atoms with Crippen LogP contribution in [0, 0.1) is 6.92 Å². The van der Waals surface area contributed by atoms with Crippen LogP contribution in [0.25, 0.3) is 27.8 Å². The minimum atomic E-state index is -0.276. The molecule has 0 unspecified atom stereocenters. The van der Waals surface area contributed by atoms with E-state index in [1.165, 1.54) is 10.1 Å². The number of hydrogen-bond acceptors (Lipinski definition) is 3. The van der Waals surface area contributed by atoms with Crippen LogP contribution in [0.15, 0.2) is 95.8 Å². The molecule has 6 heteroatoms. The largest absolute Gasteiger partial charge is 0.325 e. The standard InChI is InChI=1S/C30H28N4O2/c1-20(2)22-14-16-24(17-15-22)31-27(35)19-33-28(36)18-26(23-10-6-4-7-11-23)29-21(3)32-34(30(29)33)25-12-8-5-9-13-25/h4-18,20H,19H2,1-3H3,(H,31,35).